The van der Waals surface area contributed by atoms with Crippen LogP contribution < -0.4 is 5.69 Å². The second-order valence-corrected chi connectivity index (χ2v) is 7.23. The maximum Gasteiger partial charge on any atom is 0.326 e. The summed E-state index contributed by atoms with van der Waals surface area (Å²) in [6.45, 7) is 3.76. The average molecular weight is 350 g/mol. The number of piperidine rings is 1. The van der Waals surface area contributed by atoms with Gasteiger partial charge in [0.2, 0.25) is 0 Å². The Bertz CT molecular complexity index is 966. The molecule has 1 N–H and O–H groups in total. The summed E-state index contributed by atoms with van der Waals surface area (Å²) in [4.78, 5) is 22.4. The summed E-state index contributed by atoms with van der Waals surface area (Å²) < 4.78 is 7.27. The lowest BCUT2D eigenvalue weighted by Gasteiger charge is -2.41. The Balaban J connectivity index is 1.47. The molecule has 5 rings (SSSR count). The maximum atomic E-state index is 12.6. The van der Waals surface area contributed by atoms with Gasteiger partial charge in [-0.2, -0.15) is 0 Å². The molecule has 6 nitrogen and oxygen atoms in total. The van der Waals surface area contributed by atoms with E-state index in [2.05, 4.69) is 20.9 Å². The lowest BCUT2D eigenvalue weighted by Crippen LogP contribution is -2.52. The molecule has 0 spiro atoms. The number of ether oxygens (including phenoxy) is 1. The third-order valence-corrected chi connectivity index (χ3v) is 5.71. The lowest BCUT2D eigenvalue weighted by atomic mass is 10.0. The molecule has 0 unspecified atom stereocenters. The number of pyridine rings is 1. The number of rotatable bonds is 3. The first kappa shape index (κ1) is 15.8. The summed E-state index contributed by atoms with van der Waals surface area (Å²) in [7, 11) is 0. The first-order valence-corrected chi connectivity index (χ1v) is 9.26. The molecule has 2 aliphatic rings. The van der Waals surface area contributed by atoms with Crippen LogP contribution in [0.25, 0.3) is 22.2 Å². The zero-order valence-corrected chi connectivity index (χ0v) is 14.6. The van der Waals surface area contributed by atoms with E-state index in [1.807, 2.05) is 35.0 Å². The number of hydrogen-bond donors (Lipinski definition) is 1. The van der Waals surface area contributed by atoms with Crippen LogP contribution >= 0.6 is 0 Å². The fraction of sp³-hybridized carbons (Fsp3) is 0.400. The van der Waals surface area contributed by atoms with Gasteiger partial charge in [0.15, 0.2) is 0 Å². The Labute approximate surface area is 151 Å². The van der Waals surface area contributed by atoms with Crippen LogP contribution in [0, 0.1) is 0 Å². The summed E-state index contributed by atoms with van der Waals surface area (Å²) in [6, 6.07) is 10.9. The quantitative estimate of drug-likeness (QED) is 0.788. The van der Waals surface area contributed by atoms with Gasteiger partial charge in [0.25, 0.3) is 0 Å². The van der Waals surface area contributed by atoms with Crippen LogP contribution in [-0.2, 0) is 4.74 Å². The van der Waals surface area contributed by atoms with Gasteiger partial charge in [-0.3, -0.25) is 14.5 Å². The third-order valence-electron chi connectivity index (χ3n) is 5.71. The number of aromatic amines is 1. The van der Waals surface area contributed by atoms with E-state index in [1.165, 1.54) is 0 Å². The Kier molecular flexibility index (Phi) is 3.87. The molecule has 0 radical (unpaired) electrons. The Morgan fingerprint density at radius 1 is 1.08 bits per heavy atom. The summed E-state index contributed by atoms with van der Waals surface area (Å²) >= 11 is 0. The van der Waals surface area contributed by atoms with E-state index < -0.39 is 0 Å². The first-order chi connectivity index (χ1) is 12.8. The van der Waals surface area contributed by atoms with E-state index in [9.17, 15) is 4.79 Å². The van der Waals surface area contributed by atoms with E-state index in [0.717, 1.165) is 61.3 Å². The molecule has 2 aromatic heterocycles. The second-order valence-electron chi connectivity index (χ2n) is 7.23. The summed E-state index contributed by atoms with van der Waals surface area (Å²) in [6.07, 6.45) is 5.63. The van der Waals surface area contributed by atoms with Gasteiger partial charge in [0, 0.05) is 37.1 Å². The minimum atomic E-state index is -0.00577. The molecule has 3 aromatic rings. The highest BCUT2D eigenvalue weighted by Crippen LogP contribution is 2.29. The molecule has 0 amide bonds. The van der Waals surface area contributed by atoms with Crippen LogP contribution in [0.15, 0.2) is 47.5 Å². The van der Waals surface area contributed by atoms with Crippen LogP contribution in [0.3, 0.4) is 0 Å². The SMILES string of the molecule is O=c1[nH]c2ccc(-c3cccnc3)cc2n1C1CCN(C2COC2)CC1. The van der Waals surface area contributed by atoms with Gasteiger partial charge in [-0.25, -0.2) is 4.79 Å². The molecule has 0 bridgehead atoms. The van der Waals surface area contributed by atoms with E-state index in [4.69, 9.17) is 4.74 Å². The summed E-state index contributed by atoms with van der Waals surface area (Å²) in [5, 5.41) is 0. The van der Waals surface area contributed by atoms with E-state index in [1.54, 1.807) is 6.20 Å². The fourth-order valence-electron chi connectivity index (χ4n) is 4.14. The van der Waals surface area contributed by atoms with Crippen molar-refractivity contribution in [3.63, 3.8) is 0 Å². The monoisotopic (exact) mass is 350 g/mol. The second kappa shape index (κ2) is 6.37. The highest BCUT2D eigenvalue weighted by atomic mass is 16.5. The highest BCUT2D eigenvalue weighted by molar-refractivity contribution is 5.82. The third kappa shape index (κ3) is 2.66. The number of benzene rings is 1. The van der Waals surface area contributed by atoms with Gasteiger partial charge in [0.1, 0.15) is 0 Å². The van der Waals surface area contributed by atoms with Gasteiger partial charge in [-0.05, 0) is 36.6 Å². The molecule has 2 fully saturated rings. The molecule has 0 atom stereocenters. The van der Waals surface area contributed by atoms with E-state index in [0.29, 0.717) is 6.04 Å². The molecule has 26 heavy (non-hydrogen) atoms. The summed E-state index contributed by atoms with van der Waals surface area (Å²) in [5.74, 6) is 0. The number of fused-ring (bicyclic) bond motifs is 1. The van der Waals surface area contributed by atoms with Crippen LogP contribution in [0.5, 0.6) is 0 Å². The van der Waals surface area contributed by atoms with Gasteiger partial charge in [0.05, 0.1) is 30.3 Å². The predicted octanol–water partition coefficient (Wildman–Crippen LogP) is 2.43. The summed E-state index contributed by atoms with van der Waals surface area (Å²) in [5.41, 5.74) is 4.03. The van der Waals surface area contributed by atoms with Crippen molar-refractivity contribution < 1.29 is 4.74 Å². The highest BCUT2D eigenvalue weighted by Gasteiger charge is 2.31. The lowest BCUT2D eigenvalue weighted by molar-refractivity contribution is -0.0730. The van der Waals surface area contributed by atoms with Gasteiger partial charge < -0.3 is 9.72 Å². The Morgan fingerprint density at radius 3 is 2.62 bits per heavy atom. The Hall–Kier alpha value is -2.44. The van der Waals surface area contributed by atoms with Crippen molar-refractivity contribution in [2.45, 2.75) is 24.9 Å². The zero-order chi connectivity index (χ0) is 17.5. The minimum absolute atomic E-state index is 0.00577. The average Bonchev–Trinajstić information content (AvgIpc) is 2.97. The van der Waals surface area contributed by atoms with Gasteiger partial charge in [-0.1, -0.05) is 12.1 Å². The molecule has 134 valence electrons. The molecule has 2 saturated heterocycles. The van der Waals surface area contributed by atoms with Crippen molar-refractivity contribution in [1.82, 2.24) is 19.4 Å². The van der Waals surface area contributed by atoms with Crippen LogP contribution in [0.1, 0.15) is 18.9 Å². The van der Waals surface area contributed by atoms with Crippen molar-refractivity contribution >= 4 is 11.0 Å². The topological polar surface area (TPSA) is 63.2 Å². The molecule has 1 aromatic carbocycles. The maximum absolute atomic E-state index is 12.6. The number of aromatic nitrogens is 3. The molecule has 0 saturated carbocycles. The molecule has 0 aliphatic carbocycles. The number of nitrogens with one attached hydrogen (secondary N) is 1. The smallest absolute Gasteiger partial charge is 0.326 e. The van der Waals surface area contributed by atoms with E-state index >= 15 is 0 Å². The molecule has 2 aliphatic heterocycles. The zero-order valence-electron chi connectivity index (χ0n) is 14.6. The van der Waals surface area contributed by atoms with Gasteiger partial charge in [-0.15, -0.1) is 0 Å². The molecular weight excluding hydrogens is 328 g/mol. The normalized spacial score (nSPS) is 19.7. The molecule has 6 heteroatoms. The fourth-order valence-corrected chi connectivity index (χ4v) is 4.14. The van der Waals surface area contributed by atoms with Crippen molar-refractivity contribution in [3.05, 3.63) is 53.2 Å². The van der Waals surface area contributed by atoms with Crippen LogP contribution in [0.2, 0.25) is 0 Å². The molecular formula is C20H22N4O2. The van der Waals surface area contributed by atoms with Crippen molar-refractivity contribution in [1.29, 1.82) is 0 Å². The van der Waals surface area contributed by atoms with Crippen molar-refractivity contribution in [2.24, 2.45) is 0 Å². The van der Waals surface area contributed by atoms with Crippen molar-refractivity contribution in [2.75, 3.05) is 26.3 Å². The number of likely N-dealkylation sites (tertiary alicyclic amines) is 1. The number of hydrogen-bond acceptors (Lipinski definition) is 4. The van der Waals surface area contributed by atoms with Crippen molar-refractivity contribution in [3.8, 4) is 11.1 Å². The molecule has 4 heterocycles. The minimum Gasteiger partial charge on any atom is -0.378 e. The van der Waals surface area contributed by atoms with Gasteiger partial charge >= 0.3 is 5.69 Å². The largest absolute Gasteiger partial charge is 0.378 e. The standard InChI is InChI=1S/C20H22N4O2/c25-20-22-18-4-3-14(15-2-1-7-21-11-15)10-19(18)24(20)16-5-8-23(9-6-16)17-12-26-13-17/h1-4,7,10-11,16-17H,5-6,8-9,12-13H2,(H,22,25). The number of imidazole rings is 1. The number of nitrogens with zero attached hydrogens (tertiary/aromatic N) is 3. The van der Waals surface area contributed by atoms with Crippen LogP contribution in [-0.4, -0.2) is 51.8 Å². The predicted molar refractivity (Wildman–Crippen MR) is 100 cm³/mol. The van der Waals surface area contributed by atoms with Crippen LogP contribution in [0.4, 0.5) is 0 Å². The number of H-pyrrole nitrogens is 1. The Morgan fingerprint density at radius 2 is 1.92 bits per heavy atom. The first-order valence-electron chi connectivity index (χ1n) is 9.26. The van der Waals surface area contributed by atoms with E-state index in [-0.39, 0.29) is 11.7 Å².